The maximum absolute atomic E-state index is 14.1. The minimum atomic E-state index is -0.696. The van der Waals surface area contributed by atoms with Crippen LogP contribution in [0.5, 0.6) is 5.75 Å². The predicted octanol–water partition coefficient (Wildman–Crippen LogP) is 6.50. The summed E-state index contributed by atoms with van der Waals surface area (Å²) >= 11 is 0. The Hall–Kier alpha value is -4.58. The van der Waals surface area contributed by atoms with Gasteiger partial charge in [-0.1, -0.05) is 42.5 Å². The summed E-state index contributed by atoms with van der Waals surface area (Å²) < 4.78 is 11.2. The van der Waals surface area contributed by atoms with Gasteiger partial charge in [-0.25, -0.2) is 0 Å². The lowest BCUT2D eigenvalue weighted by molar-refractivity contribution is -0.116. The van der Waals surface area contributed by atoms with Crippen LogP contribution >= 0.6 is 0 Å². The molecule has 0 bridgehead atoms. The van der Waals surface area contributed by atoms with Crippen molar-refractivity contribution in [2.24, 2.45) is 0 Å². The minimum absolute atomic E-state index is 0.00497. The number of methoxy groups -OCH3 is 1. The Labute approximate surface area is 215 Å². The lowest BCUT2D eigenvalue weighted by Gasteiger charge is -2.33. The highest BCUT2D eigenvalue weighted by atomic mass is 16.5. The third kappa shape index (κ3) is 4.10. The van der Waals surface area contributed by atoms with E-state index in [1.807, 2.05) is 72.8 Å². The Balaban J connectivity index is 1.51. The predicted molar refractivity (Wildman–Crippen MR) is 142 cm³/mol. The molecule has 0 fully saturated rings. The molecule has 2 heterocycles. The summed E-state index contributed by atoms with van der Waals surface area (Å²) in [4.78, 5) is 29.7. The summed E-state index contributed by atoms with van der Waals surface area (Å²) in [7, 11) is 1.64. The van der Waals surface area contributed by atoms with Gasteiger partial charge >= 0.3 is 0 Å². The summed E-state index contributed by atoms with van der Waals surface area (Å²) in [5, 5.41) is 3.54. The average molecular weight is 491 g/mol. The molecule has 6 nitrogen and oxygen atoms in total. The van der Waals surface area contributed by atoms with Gasteiger partial charge in [0.25, 0.3) is 5.91 Å². The molecule has 2 aliphatic rings. The molecule has 1 aliphatic carbocycles. The number of carbonyl (C=O) groups excluding carboxylic acids is 2. The van der Waals surface area contributed by atoms with E-state index >= 15 is 0 Å². The fourth-order valence-electron chi connectivity index (χ4n) is 5.36. The molecule has 6 heteroatoms. The van der Waals surface area contributed by atoms with Gasteiger partial charge in [0.2, 0.25) is 0 Å². The summed E-state index contributed by atoms with van der Waals surface area (Å²) in [5.74, 6) is 1.13. The van der Waals surface area contributed by atoms with Crippen LogP contribution in [0.15, 0.2) is 113 Å². The maximum Gasteiger partial charge on any atom is 0.259 e. The SMILES string of the molecule is COc1ccc(C2CC(=O)C3=C(C2)Nc2ccccc2N(C(=O)c2ccccc2)C3c2ccco2)cc1. The van der Waals surface area contributed by atoms with Crippen molar-refractivity contribution in [3.63, 3.8) is 0 Å². The number of ketones is 1. The molecule has 6 rings (SSSR count). The third-order valence-corrected chi connectivity index (χ3v) is 7.13. The highest BCUT2D eigenvalue weighted by Crippen LogP contribution is 2.48. The number of nitrogens with one attached hydrogen (secondary N) is 1. The first-order valence-electron chi connectivity index (χ1n) is 12.3. The molecule has 1 aliphatic heterocycles. The van der Waals surface area contributed by atoms with Crippen LogP contribution in [-0.4, -0.2) is 18.8 Å². The Kier molecular flexibility index (Phi) is 5.85. The number of allylic oxidation sites excluding steroid dienone is 1. The quantitative estimate of drug-likeness (QED) is 0.353. The summed E-state index contributed by atoms with van der Waals surface area (Å²) in [6.07, 6.45) is 2.55. The zero-order valence-electron chi connectivity index (χ0n) is 20.4. The number of ether oxygens (including phenoxy) is 1. The van der Waals surface area contributed by atoms with Gasteiger partial charge in [-0.3, -0.25) is 14.5 Å². The van der Waals surface area contributed by atoms with E-state index < -0.39 is 6.04 Å². The van der Waals surface area contributed by atoms with E-state index in [1.54, 1.807) is 36.5 Å². The van der Waals surface area contributed by atoms with E-state index in [4.69, 9.17) is 9.15 Å². The Morgan fingerprint density at radius 2 is 1.68 bits per heavy atom. The Morgan fingerprint density at radius 1 is 0.919 bits per heavy atom. The van der Waals surface area contributed by atoms with Crippen LogP contribution < -0.4 is 15.0 Å². The first kappa shape index (κ1) is 22.9. The highest BCUT2D eigenvalue weighted by molar-refractivity contribution is 6.11. The number of nitrogens with zero attached hydrogens (tertiary/aromatic N) is 1. The van der Waals surface area contributed by atoms with E-state index in [9.17, 15) is 9.59 Å². The van der Waals surface area contributed by atoms with E-state index in [-0.39, 0.29) is 17.6 Å². The highest BCUT2D eigenvalue weighted by Gasteiger charge is 2.43. The van der Waals surface area contributed by atoms with Crippen LogP contribution in [0.3, 0.4) is 0 Å². The zero-order chi connectivity index (χ0) is 25.4. The van der Waals surface area contributed by atoms with Crippen LogP contribution in [0, 0.1) is 0 Å². The molecule has 3 aromatic carbocycles. The van der Waals surface area contributed by atoms with Gasteiger partial charge in [-0.15, -0.1) is 0 Å². The van der Waals surface area contributed by atoms with E-state index in [0.717, 1.165) is 22.7 Å². The van der Waals surface area contributed by atoms with Crippen LogP contribution in [-0.2, 0) is 4.79 Å². The maximum atomic E-state index is 14.1. The Bertz CT molecular complexity index is 1470. The van der Waals surface area contributed by atoms with Crippen molar-refractivity contribution >= 4 is 23.1 Å². The lowest BCUT2D eigenvalue weighted by atomic mass is 9.79. The number of anilines is 2. The second-order valence-electron chi connectivity index (χ2n) is 9.30. The van der Waals surface area contributed by atoms with E-state index in [0.29, 0.717) is 35.4 Å². The molecule has 0 saturated heterocycles. The van der Waals surface area contributed by atoms with Gasteiger partial charge in [-0.2, -0.15) is 0 Å². The molecule has 0 radical (unpaired) electrons. The third-order valence-electron chi connectivity index (χ3n) is 7.13. The number of hydrogen-bond acceptors (Lipinski definition) is 5. The smallest absolute Gasteiger partial charge is 0.259 e. The standard InChI is InChI=1S/C31H26N2O4/c1-36-23-15-13-20(14-16-23)22-18-25-29(27(34)19-22)30(28-12-7-17-37-28)33(26-11-6-5-10-24(26)32-25)31(35)21-8-3-2-4-9-21/h2-17,22,30,32H,18-19H2,1H3. The fraction of sp³-hybridized carbons (Fsp3) is 0.161. The van der Waals surface area contributed by atoms with Gasteiger partial charge in [0.05, 0.1) is 24.7 Å². The van der Waals surface area contributed by atoms with E-state index in [2.05, 4.69) is 5.32 Å². The molecular formula is C31H26N2O4. The molecule has 1 N–H and O–H groups in total. The number of amides is 1. The van der Waals surface area contributed by atoms with Crippen molar-refractivity contribution in [3.05, 3.63) is 125 Å². The zero-order valence-corrected chi connectivity index (χ0v) is 20.4. The molecule has 1 aromatic heterocycles. The fourth-order valence-corrected chi connectivity index (χ4v) is 5.36. The van der Waals surface area contributed by atoms with Crippen molar-refractivity contribution in [1.29, 1.82) is 0 Å². The number of fused-ring (bicyclic) bond motifs is 1. The number of carbonyl (C=O) groups is 2. The van der Waals surface area contributed by atoms with Gasteiger partial charge in [0.15, 0.2) is 5.78 Å². The van der Waals surface area contributed by atoms with Crippen molar-refractivity contribution in [2.45, 2.75) is 24.8 Å². The number of rotatable bonds is 4. The van der Waals surface area contributed by atoms with Crippen molar-refractivity contribution < 1.29 is 18.7 Å². The summed E-state index contributed by atoms with van der Waals surface area (Å²) in [6, 6.07) is 27.6. The number of hydrogen-bond donors (Lipinski definition) is 1. The average Bonchev–Trinajstić information content (AvgIpc) is 3.43. The van der Waals surface area contributed by atoms with Crippen LogP contribution in [0.1, 0.15) is 46.5 Å². The number of Topliss-reactive ketones (excluding diaryl/α,β-unsaturated/α-hetero) is 1. The van der Waals surface area contributed by atoms with Gasteiger partial charge in [-0.05, 0) is 66.4 Å². The molecule has 4 aromatic rings. The molecule has 2 atom stereocenters. The second kappa shape index (κ2) is 9.47. The molecule has 0 spiro atoms. The monoisotopic (exact) mass is 490 g/mol. The van der Waals surface area contributed by atoms with Gasteiger partial charge in [0.1, 0.15) is 17.6 Å². The van der Waals surface area contributed by atoms with Crippen LogP contribution in [0.4, 0.5) is 11.4 Å². The Morgan fingerprint density at radius 3 is 2.41 bits per heavy atom. The summed E-state index contributed by atoms with van der Waals surface area (Å²) in [6.45, 7) is 0. The van der Waals surface area contributed by atoms with Crippen LogP contribution in [0.25, 0.3) is 0 Å². The topological polar surface area (TPSA) is 71.8 Å². The minimum Gasteiger partial charge on any atom is -0.497 e. The largest absolute Gasteiger partial charge is 0.497 e. The van der Waals surface area contributed by atoms with Crippen molar-refractivity contribution in [1.82, 2.24) is 0 Å². The van der Waals surface area contributed by atoms with Gasteiger partial charge < -0.3 is 14.5 Å². The van der Waals surface area contributed by atoms with E-state index in [1.165, 1.54) is 0 Å². The first-order chi connectivity index (χ1) is 18.1. The first-order valence-corrected chi connectivity index (χ1v) is 12.3. The molecule has 184 valence electrons. The number of furan rings is 1. The van der Waals surface area contributed by atoms with Gasteiger partial charge in [0, 0.05) is 23.3 Å². The molecule has 2 unspecified atom stereocenters. The normalized spacial score (nSPS) is 18.9. The van der Waals surface area contributed by atoms with Crippen molar-refractivity contribution in [3.8, 4) is 5.75 Å². The molecule has 1 amide bonds. The molecule has 37 heavy (non-hydrogen) atoms. The molecule has 0 saturated carbocycles. The number of para-hydroxylation sites is 2. The molecular weight excluding hydrogens is 464 g/mol. The van der Waals surface area contributed by atoms with Crippen LogP contribution in [0.2, 0.25) is 0 Å². The van der Waals surface area contributed by atoms with Crippen molar-refractivity contribution in [2.75, 3.05) is 17.3 Å². The number of benzene rings is 3. The lowest BCUT2D eigenvalue weighted by Crippen LogP contribution is -2.38. The summed E-state index contributed by atoms with van der Waals surface area (Å²) in [5.41, 5.74) is 4.47. The second-order valence-corrected chi connectivity index (χ2v) is 9.30.